The number of aromatic nitrogens is 1. The number of pyridine rings is 1. The van der Waals surface area contributed by atoms with Crippen molar-refractivity contribution in [1.82, 2.24) is 10.3 Å². The molecule has 1 aliphatic heterocycles. The van der Waals surface area contributed by atoms with E-state index in [0.717, 1.165) is 24.5 Å². The molecule has 0 spiro atoms. The van der Waals surface area contributed by atoms with Crippen LogP contribution in [0.4, 0.5) is 5.82 Å². The Hall–Kier alpha value is -2.76. The summed E-state index contributed by atoms with van der Waals surface area (Å²) < 4.78 is 10.8. The molecule has 1 fully saturated rings. The van der Waals surface area contributed by atoms with Crippen molar-refractivity contribution in [3.8, 4) is 11.5 Å². The lowest BCUT2D eigenvalue weighted by Gasteiger charge is -2.27. The van der Waals surface area contributed by atoms with E-state index in [1.807, 2.05) is 25.3 Å². The number of hydrogen-bond acceptors (Lipinski definition) is 5. The van der Waals surface area contributed by atoms with Gasteiger partial charge in [-0.1, -0.05) is 6.07 Å². The fraction of sp³-hybridized carbons (Fsp3) is 0.429. The van der Waals surface area contributed by atoms with Crippen LogP contribution < -0.4 is 19.7 Å². The molecule has 6 nitrogen and oxygen atoms in total. The van der Waals surface area contributed by atoms with Gasteiger partial charge in [0.05, 0.1) is 13.7 Å². The number of nitrogens with one attached hydrogen (secondary N) is 1. The Morgan fingerprint density at radius 3 is 2.63 bits per heavy atom. The topological polar surface area (TPSA) is 63.7 Å². The van der Waals surface area contributed by atoms with Gasteiger partial charge >= 0.3 is 0 Å². The van der Waals surface area contributed by atoms with Crippen LogP contribution in [-0.2, 0) is 6.54 Å². The highest BCUT2D eigenvalue weighted by Gasteiger charge is 2.13. The third-order valence-corrected chi connectivity index (χ3v) is 4.67. The Balaban J connectivity index is 1.59. The molecule has 6 heteroatoms. The average Bonchev–Trinajstić information content (AvgIpc) is 2.73. The summed E-state index contributed by atoms with van der Waals surface area (Å²) in [6.45, 7) is 4.98. The van der Waals surface area contributed by atoms with E-state index in [0.29, 0.717) is 30.2 Å². The Bertz CT molecular complexity index is 756. The molecule has 27 heavy (non-hydrogen) atoms. The first-order chi connectivity index (χ1) is 13.2. The van der Waals surface area contributed by atoms with Gasteiger partial charge in [-0.05, 0) is 56.0 Å². The molecular formula is C21H27N3O3. The van der Waals surface area contributed by atoms with Crippen molar-refractivity contribution in [2.75, 3.05) is 31.7 Å². The first kappa shape index (κ1) is 19.0. The molecule has 1 saturated heterocycles. The van der Waals surface area contributed by atoms with E-state index in [1.54, 1.807) is 25.3 Å². The lowest BCUT2D eigenvalue weighted by Crippen LogP contribution is -2.30. The average molecular weight is 369 g/mol. The van der Waals surface area contributed by atoms with Crippen LogP contribution in [0.3, 0.4) is 0 Å². The Morgan fingerprint density at radius 1 is 1.15 bits per heavy atom. The normalized spacial score (nSPS) is 13.9. The molecule has 1 amide bonds. The molecule has 144 valence electrons. The number of ether oxygens (including phenoxy) is 2. The SMILES string of the molecule is CCOc1cc(C(=O)NCc2ccc(N3CCCCC3)nc2)ccc1OC. The largest absolute Gasteiger partial charge is 0.493 e. The van der Waals surface area contributed by atoms with Crippen LogP contribution in [0.15, 0.2) is 36.5 Å². The Labute approximate surface area is 160 Å². The number of benzene rings is 1. The fourth-order valence-corrected chi connectivity index (χ4v) is 3.20. The van der Waals surface area contributed by atoms with Gasteiger partial charge in [0.25, 0.3) is 5.91 Å². The van der Waals surface area contributed by atoms with Crippen molar-refractivity contribution >= 4 is 11.7 Å². The van der Waals surface area contributed by atoms with Gasteiger partial charge in [-0.3, -0.25) is 4.79 Å². The van der Waals surface area contributed by atoms with Crippen molar-refractivity contribution < 1.29 is 14.3 Å². The molecule has 0 aliphatic carbocycles. The summed E-state index contributed by atoms with van der Waals surface area (Å²) in [6, 6.07) is 9.24. The summed E-state index contributed by atoms with van der Waals surface area (Å²) >= 11 is 0. The zero-order valence-electron chi connectivity index (χ0n) is 16.0. The third-order valence-electron chi connectivity index (χ3n) is 4.67. The highest BCUT2D eigenvalue weighted by Crippen LogP contribution is 2.28. The van der Waals surface area contributed by atoms with Crippen molar-refractivity contribution in [3.05, 3.63) is 47.7 Å². The Morgan fingerprint density at radius 2 is 1.96 bits per heavy atom. The van der Waals surface area contributed by atoms with E-state index < -0.39 is 0 Å². The molecule has 0 unspecified atom stereocenters. The van der Waals surface area contributed by atoms with Gasteiger partial charge in [-0.25, -0.2) is 4.98 Å². The first-order valence-corrected chi connectivity index (χ1v) is 9.50. The van der Waals surface area contributed by atoms with E-state index in [4.69, 9.17) is 9.47 Å². The quantitative estimate of drug-likeness (QED) is 0.810. The van der Waals surface area contributed by atoms with Crippen LogP contribution in [0, 0.1) is 0 Å². The van der Waals surface area contributed by atoms with E-state index >= 15 is 0 Å². The second kappa shape index (κ2) is 9.26. The predicted octanol–water partition coefficient (Wildman–Crippen LogP) is 3.41. The summed E-state index contributed by atoms with van der Waals surface area (Å²) in [4.78, 5) is 19.3. The van der Waals surface area contributed by atoms with E-state index in [2.05, 4.69) is 15.2 Å². The number of methoxy groups -OCH3 is 1. The fourth-order valence-electron chi connectivity index (χ4n) is 3.20. The molecule has 0 radical (unpaired) electrons. The van der Waals surface area contributed by atoms with Crippen molar-refractivity contribution in [3.63, 3.8) is 0 Å². The zero-order valence-corrected chi connectivity index (χ0v) is 16.0. The minimum Gasteiger partial charge on any atom is -0.493 e. The lowest BCUT2D eigenvalue weighted by atomic mass is 10.1. The molecule has 1 aromatic heterocycles. The van der Waals surface area contributed by atoms with Crippen LogP contribution in [-0.4, -0.2) is 37.7 Å². The van der Waals surface area contributed by atoms with E-state index in [9.17, 15) is 4.79 Å². The second-order valence-electron chi connectivity index (χ2n) is 6.55. The standard InChI is InChI=1S/C21H27N3O3/c1-3-27-19-13-17(8-9-18(19)26-2)21(25)23-15-16-7-10-20(22-14-16)24-11-5-4-6-12-24/h7-10,13-14H,3-6,11-12,15H2,1-2H3,(H,23,25). The van der Waals surface area contributed by atoms with Crippen molar-refractivity contribution in [1.29, 1.82) is 0 Å². The smallest absolute Gasteiger partial charge is 0.251 e. The molecule has 1 N–H and O–H groups in total. The maximum Gasteiger partial charge on any atom is 0.251 e. The molecular weight excluding hydrogens is 342 g/mol. The van der Waals surface area contributed by atoms with Gasteiger partial charge in [-0.2, -0.15) is 0 Å². The molecule has 1 aliphatic rings. The molecule has 0 bridgehead atoms. The number of rotatable bonds is 7. The van der Waals surface area contributed by atoms with Crippen LogP contribution in [0.2, 0.25) is 0 Å². The van der Waals surface area contributed by atoms with E-state index in [1.165, 1.54) is 19.3 Å². The summed E-state index contributed by atoms with van der Waals surface area (Å²) in [7, 11) is 1.58. The highest BCUT2D eigenvalue weighted by molar-refractivity contribution is 5.94. The number of carbonyl (C=O) groups is 1. The molecule has 1 aromatic carbocycles. The van der Waals surface area contributed by atoms with Crippen LogP contribution in [0.1, 0.15) is 42.1 Å². The van der Waals surface area contributed by atoms with Gasteiger partial charge in [0, 0.05) is 31.4 Å². The summed E-state index contributed by atoms with van der Waals surface area (Å²) in [5.41, 5.74) is 1.51. The molecule has 0 saturated carbocycles. The van der Waals surface area contributed by atoms with Gasteiger partial charge in [0.2, 0.25) is 0 Å². The maximum absolute atomic E-state index is 12.5. The van der Waals surface area contributed by atoms with Crippen molar-refractivity contribution in [2.24, 2.45) is 0 Å². The molecule has 0 atom stereocenters. The molecule has 3 rings (SSSR count). The maximum atomic E-state index is 12.5. The first-order valence-electron chi connectivity index (χ1n) is 9.50. The number of anilines is 1. The van der Waals surface area contributed by atoms with Crippen LogP contribution in [0.5, 0.6) is 11.5 Å². The minimum atomic E-state index is -0.154. The third kappa shape index (κ3) is 4.90. The van der Waals surface area contributed by atoms with E-state index in [-0.39, 0.29) is 5.91 Å². The lowest BCUT2D eigenvalue weighted by molar-refractivity contribution is 0.0950. The predicted molar refractivity (Wildman–Crippen MR) is 106 cm³/mol. The Kier molecular flexibility index (Phi) is 6.52. The summed E-state index contributed by atoms with van der Waals surface area (Å²) in [5, 5.41) is 2.93. The van der Waals surface area contributed by atoms with Crippen molar-refractivity contribution in [2.45, 2.75) is 32.7 Å². The van der Waals surface area contributed by atoms with Crippen LogP contribution in [0.25, 0.3) is 0 Å². The van der Waals surface area contributed by atoms with Gasteiger partial charge < -0.3 is 19.7 Å². The number of carbonyl (C=O) groups excluding carboxylic acids is 1. The van der Waals surface area contributed by atoms with Gasteiger partial charge in [0.1, 0.15) is 5.82 Å². The summed E-state index contributed by atoms with van der Waals surface area (Å²) in [6.07, 6.45) is 5.59. The summed E-state index contributed by atoms with van der Waals surface area (Å²) in [5.74, 6) is 2.05. The van der Waals surface area contributed by atoms with Gasteiger partial charge in [-0.15, -0.1) is 0 Å². The number of piperidine rings is 1. The zero-order chi connectivity index (χ0) is 19.1. The molecule has 2 aromatic rings. The number of nitrogens with zero attached hydrogens (tertiary/aromatic N) is 2. The minimum absolute atomic E-state index is 0.154. The second-order valence-corrected chi connectivity index (χ2v) is 6.55. The monoisotopic (exact) mass is 369 g/mol. The van der Waals surface area contributed by atoms with Crippen LogP contribution >= 0.6 is 0 Å². The van der Waals surface area contributed by atoms with Gasteiger partial charge in [0.15, 0.2) is 11.5 Å². The number of amides is 1. The molecule has 2 heterocycles. The number of hydrogen-bond donors (Lipinski definition) is 1. The highest BCUT2D eigenvalue weighted by atomic mass is 16.5.